The van der Waals surface area contributed by atoms with Gasteiger partial charge in [0.2, 0.25) is 5.91 Å². The van der Waals surface area contributed by atoms with Gasteiger partial charge in [-0.05, 0) is 37.8 Å². The van der Waals surface area contributed by atoms with Crippen LogP contribution in [0.4, 0.5) is 0 Å². The Hall–Kier alpha value is -1.62. The molecule has 0 aromatic carbocycles. The summed E-state index contributed by atoms with van der Waals surface area (Å²) in [6.07, 6.45) is 7.04. The van der Waals surface area contributed by atoms with Gasteiger partial charge in [-0.25, -0.2) is 0 Å². The summed E-state index contributed by atoms with van der Waals surface area (Å²) in [4.78, 5) is 18.3. The van der Waals surface area contributed by atoms with E-state index in [2.05, 4.69) is 4.98 Å². The molecule has 1 amide bonds. The minimum atomic E-state index is 0.108. The second-order valence-corrected chi connectivity index (χ2v) is 6.34. The van der Waals surface area contributed by atoms with Gasteiger partial charge in [0.1, 0.15) is 12.4 Å². The van der Waals surface area contributed by atoms with Gasteiger partial charge in [0.05, 0.1) is 12.8 Å². The lowest BCUT2D eigenvalue weighted by Crippen LogP contribution is -2.37. The standard InChI is InChI=1S/C17H24N2O3/c1-2-21-11-16(20)19-10-14-5-3-7-17(14,12-19)13-22-15-6-4-8-18-9-15/h4,6,8-9,14H,2-3,5,7,10-13H2,1H3/t14-,17+/m1/s1. The van der Waals surface area contributed by atoms with Crippen molar-refractivity contribution >= 4 is 5.91 Å². The van der Waals surface area contributed by atoms with Gasteiger partial charge in [-0.15, -0.1) is 0 Å². The van der Waals surface area contributed by atoms with Crippen molar-refractivity contribution in [1.29, 1.82) is 0 Å². The molecule has 0 spiro atoms. The minimum Gasteiger partial charge on any atom is -0.491 e. The maximum Gasteiger partial charge on any atom is 0.248 e. The van der Waals surface area contributed by atoms with Crippen LogP contribution in [0.5, 0.6) is 5.75 Å². The number of pyridine rings is 1. The lowest BCUT2D eigenvalue weighted by molar-refractivity contribution is -0.135. The van der Waals surface area contributed by atoms with Crippen molar-refractivity contribution in [3.8, 4) is 5.75 Å². The van der Waals surface area contributed by atoms with Crippen LogP contribution in [0.2, 0.25) is 0 Å². The Labute approximate surface area is 131 Å². The first-order chi connectivity index (χ1) is 10.7. The first-order valence-corrected chi connectivity index (χ1v) is 8.12. The summed E-state index contributed by atoms with van der Waals surface area (Å²) in [5.41, 5.74) is 0.109. The van der Waals surface area contributed by atoms with Crippen LogP contribution in [-0.4, -0.2) is 48.7 Å². The molecule has 1 aromatic rings. The molecule has 1 aromatic heterocycles. The molecule has 120 valence electrons. The average Bonchev–Trinajstić information content (AvgIpc) is 3.09. The van der Waals surface area contributed by atoms with Crippen LogP contribution in [0.15, 0.2) is 24.5 Å². The van der Waals surface area contributed by atoms with Crippen LogP contribution in [0.25, 0.3) is 0 Å². The third-order valence-corrected chi connectivity index (χ3v) is 4.98. The molecule has 0 N–H and O–H groups in total. The summed E-state index contributed by atoms with van der Waals surface area (Å²) >= 11 is 0. The number of fused-ring (bicyclic) bond motifs is 1. The van der Waals surface area contributed by atoms with Crippen molar-refractivity contribution in [2.75, 3.05) is 32.9 Å². The van der Waals surface area contributed by atoms with E-state index in [9.17, 15) is 4.79 Å². The molecule has 2 atom stereocenters. The highest BCUT2D eigenvalue weighted by Gasteiger charge is 2.51. The number of likely N-dealkylation sites (tertiary alicyclic amines) is 1. The lowest BCUT2D eigenvalue weighted by atomic mass is 9.81. The van der Waals surface area contributed by atoms with Crippen molar-refractivity contribution in [1.82, 2.24) is 9.88 Å². The number of aromatic nitrogens is 1. The van der Waals surface area contributed by atoms with Gasteiger partial charge in [0.25, 0.3) is 0 Å². The van der Waals surface area contributed by atoms with Gasteiger partial charge in [-0.1, -0.05) is 6.42 Å². The molecule has 3 rings (SSSR count). The Morgan fingerprint density at radius 1 is 1.55 bits per heavy atom. The SMILES string of the molecule is CCOCC(=O)N1C[C@H]2CCC[C@@]2(COc2cccnc2)C1. The quantitative estimate of drug-likeness (QED) is 0.808. The van der Waals surface area contributed by atoms with Gasteiger partial charge in [0.15, 0.2) is 0 Å². The molecule has 5 heteroatoms. The van der Waals surface area contributed by atoms with E-state index in [4.69, 9.17) is 9.47 Å². The Morgan fingerprint density at radius 3 is 3.23 bits per heavy atom. The van der Waals surface area contributed by atoms with E-state index in [0.717, 1.165) is 25.3 Å². The first-order valence-electron chi connectivity index (χ1n) is 8.12. The molecular weight excluding hydrogens is 280 g/mol. The second kappa shape index (κ2) is 6.65. The zero-order chi connectivity index (χ0) is 15.4. The fourth-order valence-electron chi connectivity index (χ4n) is 3.78. The summed E-state index contributed by atoms with van der Waals surface area (Å²) in [6, 6.07) is 3.81. The molecule has 2 aliphatic rings. The molecule has 1 aliphatic carbocycles. The van der Waals surface area contributed by atoms with E-state index in [-0.39, 0.29) is 17.9 Å². The topological polar surface area (TPSA) is 51.7 Å². The van der Waals surface area contributed by atoms with Crippen molar-refractivity contribution < 1.29 is 14.3 Å². The Kier molecular flexibility index (Phi) is 4.62. The zero-order valence-electron chi connectivity index (χ0n) is 13.2. The number of ether oxygens (including phenoxy) is 2. The largest absolute Gasteiger partial charge is 0.491 e. The Balaban J connectivity index is 1.62. The van der Waals surface area contributed by atoms with Crippen molar-refractivity contribution in [3.05, 3.63) is 24.5 Å². The van der Waals surface area contributed by atoms with Gasteiger partial charge in [0, 0.05) is 31.3 Å². The molecule has 1 aliphatic heterocycles. The van der Waals surface area contributed by atoms with Crippen LogP contribution < -0.4 is 4.74 Å². The van der Waals surface area contributed by atoms with E-state index in [1.807, 2.05) is 24.0 Å². The molecule has 2 fully saturated rings. The summed E-state index contributed by atoms with van der Waals surface area (Å²) in [6.45, 7) is 5.00. The molecule has 1 saturated heterocycles. The summed E-state index contributed by atoms with van der Waals surface area (Å²) < 4.78 is 11.2. The second-order valence-electron chi connectivity index (χ2n) is 6.34. The van der Waals surface area contributed by atoms with Crippen LogP contribution in [-0.2, 0) is 9.53 Å². The highest BCUT2D eigenvalue weighted by molar-refractivity contribution is 5.78. The number of rotatable bonds is 6. The molecule has 0 radical (unpaired) electrons. The van der Waals surface area contributed by atoms with Gasteiger partial charge >= 0.3 is 0 Å². The smallest absolute Gasteiger partial charge is 0.248 e. The molecule has 0 bridgehead atoms. The monoisotopic (exact) mass is 304 g/mol. The van der Waals surface area contributed by atoms with Gasteiger partial charge in [-0.2, -0.15) is 0 Å². The van der Waals surface area contributed by atoms with Crippen molar-refractivity contribution in [2.45, 2.75) is 26.2 Å². The Morgan fingerprint density at radius 2 is 2.45 bits per heavy atom. The summed E-state index contributed by atoms with van der Waals surface area (Å²) in [5.74, 6) is 1.47. The normalized spacial score (nSPS) is 27.0. The highest BCUT2D eigenvalue weighted by atomic mass is 16.5. The predicted molar refractivity (Wildman–Crippen MR) is 82.6 cm³/mol. The predicted octanol–water partition coefficient (Wildman–Crippen LogP) is 2.13. The minimum absolute atomic E-state index is 0.108. The number of hydrogen-bond donors (Lipinski definition) is 0. The molecule has 2 heterocycles. The number of carbonyl (C=O) groups excluding carboxylic acids is 1. The van der Waals surface area contributed by atoms with E-state index in [1.54, 1.807) is 12.4 Å². The van der Waals surface area contributed by atoms with Crippen molar-refractivity contribution in [2.24, 2.45) is 11.3 Å². The fraction of sp³-hybridized carbons (Fsp3) is 0.647. The van der Waals surface area contributed by atoms with E-state index < -0.39 is 0 Å². The molecule has 1 saturated carbocycles. The first kappa shape index (κ1) is 15.3. The number of hydrogen-bond acceptors (Lipinski definition) is 4. The van der Waals surface area contributed by atoms with Crippen LogP contribution in [0.1, 0.15) is 26.2 Å². The van der Waals surface area contributed by atoms with Gasteiger partial charge < -0.3 is 14.4 Å². The average molecular weight is 304 g/mol. The molecular formula is C17H24N2O3. The third-order valence-electron chi connectivity index (χ3n) is 4.98. The summed E-state index contributed by atoms with van der Waals surface area (Å²) in [5, 5.41) is 0. The zero-order valence-corrected chi connectivity index (χ0v) is 13.2. The highest BCUT2D eigenvalue weighted by Crippen LogP contribution is 2.48. The van der Waals surface area contributed by atoms with Crippen molar-refractivity contribution in [3.63, 3.8) is 0 Å². The lowest BCUT2D eigenvalue weighted by Gasteiger charge is -2.28. The van der Waals surface area contributed by atoms with E-state index in [1.165, 1.54) is 12.8 Å². The number of nitrogens with zero attached hydrogens (tertiary/aromatic N) is 2. The maximum atomic E-state index is 12.2. The number of carbonyl (C=O) groups is 1. The molecule has 22 heavy (non-hydrogen) atoms. The fourth-order valence-corrected chi connectivity index (χ4v) is 3.78. The molecule has 5 nitrogen and oxygen atoms in total. The van der Waals surface area contributed by atoms with Crippen LogP contribution in [0, 0.1) is 11.3 Å². The van der Waals surface area contributed by atoms with Gasteiger partial charge in [-0.3, -0.25) is 9.78 Å². The maximum absolute atomic E-state index is 12.2. The third kappa shape index (κ3) is 3.09. The van der Waals surface area contributed by atoms with E-state index >= 15 is 0 Å². The van der Waals surface area contributed by atoms with Crippen LogP contribution in [0.3, 0.4) is 0 Å². The van der Waals surface area contributed by atoms with E-state index in [0.29, 0.717) is 19.1 Å². The number of amides is 1. The Bertz CT molecular complexity index is 508. The summed E-state index contributed by atoms with van der Waals surface area (Å²) in [7, 11) is 0. The van der Waals surface area contributed by atoms with Crippen LogP contribution >= 0.6 is 0 Å². The molecule has 0 unspecified atom stereocenters.